The second-order valence-corrected chi connectivity index (χ2v) is 23.0. The van der Waals surface area contributed by atoms with Gasteiger partial charge in [0.25, 0.3) is 23.6 Å². The first-order chi connectivity index (χ1) is 37.3. The van der Waals surface area contributed by atoms with E-state index in [4.69, 9.17) is 18.9 Å². The van der Waals surface area contributed by atoms with Crippen LogP contribution in [-0.2, 0) is 70.5 Å². The lowest BCUT2D eigenvalue weighted by molar-refractivity contribution is -0.123. The summed E-state index contributed by atoms with van der Waals surface area (Å²) in [5.41, 5.74) is 12.0. The van der Waals surface area contributed by atoms with Crippen LogP contribution in [0.2, 0.25) is 0 Å². The second kappa shape index (κ2) is 33.4. The van der Waals surface area contributed by atoms with Crippen LogP contribution in [0.4, 0.5) is 0 Å². The summed E-state index contributed by atoms with van der Waals surface area (Å²) in [6.45, 7) is 31.5. The predicted molar refractivity (Wildman–Crippen MR) is 318 cm³/mol. The van der Waals surface area contributed by atoms with Gasteiger partial charge >= 0.3 is 0 Å². The van der Waals surface area contributed by atoms with E-state index in [1.165, 1.54) is 11.1 Å². The Balaban J connectivity index is 2.09. The molecule has 0 heterocycles. The molecule has 78 heavy (non-hydrogen) atoms. The Bertz CT molecular complexity index is 2560. The molecule has 0 spiro atoms. The van der Waals surface area contributed by atoms with Crippen molar-refractivity contribution in [3.63, 3.8) is 0 Å². The van der Waals surface area contributed by atoms with Gasteiger partial charge < -0.3 is 40.2 Å². The van der Waals surface area contributed by atoms with Gasteiger partial charge in [0, 0.05) is 45.4 Å². The number of aryl methyl sites for hydroxylation is 2. The molecule has 0 unspecified atom stereocenters. The van der Waals surface area contributed by atoms with Crippen LogP contribution in [0.15, 0.2) is 48.5 Å². The molecule has 12 nitrogen and oxygen atoms in total. The van der Waals surface area contributed by atoms with Crippen molar-refractivity contribution in [1.29, 1.82) is 0 Å². The third-order valence-electron chi connectivity index (χ3n) is 13.1. The van der Waals surface area contributed by atoms with Crippen LogP contribution in [0, 0.1) is 30.6 Å². The molecule has 0 aliphatic carbocycles. The Morgan fingerprint density at radius 2 is 0.590 bits per heavy atom. The minimum atomic E-state index is -0.216. The fourth-order valence-electron chi connectivity index (χ4n) is 10.0. The van der Waals surface area contributed by atoms with Crippen molar-refractivity contribution < 1.29 is 38.1 Å². The Labute approximate surface area is 469 Å². The molecule has 0 aromatic heterocycles. The van der Waals surface area contributed by atoms with Crippen molar-refractivity contribution in [3.8, 4) is 23.0 Å². The number of ether oxygens (including phenoxy) is 4. The molecule has 0 aliphatic rings. The van der Waals surface area contributed by atoms with Gasteiger partial charge in [-0.25, -0.2) is 0 Å². The molecule has 12 heteroatoms. The van der Waals surface area contributed by atoms with E-state index in [9.17, 15) is 19.2 Å². The molecule has 0 radical (unpaired) electrons. The quantitative estimate of drug-likeness (QED) is 0.0355. The highest BCUT2D eigenvalue weighted by Gasteiger charge is 2.25. The summed E-state index contributed by atoms with van der Waals surface area (Å²) in [5, 5.41) is 11.9. The predicted octanol–water partition coefficient (Wildman–Crippen LogP) is 11.7. The molecule has 0 atom stereocenters. The number of benzene rings is 4. The third-order valence-corrected chi connectivity index (χ3v) is 13.1. The average Bonchev–Trinajstić information content (AvgIpc) is 3.40. The molecule has 0 fully saturated rings. The number of rotatable bonds is 35. The number of hydrogen-bond acceptors (Lipinski definition) is 8. The monoisotopic (exact) mass is 1070 g/mol. The van der Waals surface area contributed by atoms with Crippen molar-refractivity contribution in [2.45, 2.75) is 174 Å². The SMILES string of the molecule is CCCNC(=O)COc1c(C)cc(CC(C)C)cc1Cc1cc(CC(C)C)cc(Cc2cc(CC(C)C)cc(Cc3cc(CC(C)C)cc(CC)c3OCC(=O)NCCC)c2OCC(=O)NCCC)c1OCC(=O)NCCC. The van der Waals surface area contributed by atoms with E-state index < -0.39 is 0 Å². The summed E-state index contributed by atoms with van der Waals surface area (Å²) < 4.78 is 26.7. The van der Waals surface area contributed by atoms with Gasteiger partial charge in [0.05, 0.1) is 0 Å². The van der Waals surface area contributed by atoms with E-state index >= 15 is 0 Å². The molecule has 0 saturated carbocycles. The van der Waals surface area contributed by atoms with E-state index in [2.05, 4.69) is 132 Å². The maximum atomic E-state index is 13.6. The summed E-state index contributed by atoms with van der Waals surface area (Å²) in [4.78, 5) is 53.2. The maximum absolute atomic E-state index is 13.6. The zero-order valence-corrected chi connectivity index (χ0v) is 50.3. The fourth-order valence-corrected chi connectivity index (χ4v) is 10.0. The van der Waals surface area contributed by atoms with Crippen LogP contribution in [-0.4, -0.2) is 76.2 Å². The maximum Gasteiger partial charge on any atom is 0.257 e. The molecule has 4 amide bonds. The van der Waals surface area contributed by atoms with Crippen molar-refractivity contribution in [3.05, 3.63) is 115 Å². The lowest BCUT2D eigenvalue weighted by Gasteiger charge is -2.24. The Morgan fingerprint density at radius 1 is 0.359 bits per heavy atom. The summed E-state index contributed by atoms with van der Waals surface area (Å²) in [6, 6.07) is 17.6. The minimum absolute atomic E-state index is 0.110. The van der Waals surface area contributed by atoms with Crippen molar-refractivity contribution in [1.82, 2.24) is 21.3 Å². The lowest BCUT2D eigenvalue weighted by Crippen LogP contribution is -2.30. The Hall–Kier alpha value is -6.04. The highest BCUT2D eigenvalue weighted by atomic mass is 16.5. The van der Waals surface area contributed by atoms with Crippen molar-refractivity contribution in [2.75, 3.05) is 52.6 Å². The highest BCUT2D eigenvalue weighted by Crippen LogP contribution is 2.40. The molecule has 4 aromatic carbocycles. The van der Waals surface area contributed by atoms with Crippen LogP contribution in [0.1, 0.15) is 182 Å². The van der Waals surface area contributed by atoms with E-state index in [-0.39, 0.29) is 50.1 Å². The van der Waals surface area contributed by atoms with Crippen LogP contribution in [0.5, 0.6) is 23.0 Å². The van der Waals surface area contributed by atoms with E-state index in [1.807, 2.05) is 34.6 Å². The van der Waals surface area contributed by atoms with Gasteiger partial charge in [-0.05, 0) is 155 Å². The van der Waals surface area contributed by atoms with Crippen LogP contribution >= 0.6 is 0 Å². The lowest BCUT2D eigenvalue weighted by atomic mass is 9.88. The van der Waals surface area contributed by atoms with Gasteiger partial charge in [0.2, 0.25) is 0 Å². The molecule has 0 bridgehead atoms. The summed E-state index contributed by atoms with van der Waals surface area (Å²) in [7, 11) is 0. The summed E-state index contributed by atoms with van der Waals surface area (Å²) in [5.74, 6) is 3.24. The van der Waals surface area contributed by atoms with Crippen LogP contribution in [0.3, 0.4) is 0 Å². The average molecular weight is 1080 g/mol. The van der Waals surface area contributed by atoms with Gasteiger partial charge in [-0.2, -0.15) is 0 Å². The normalized spacial score (nSPS) is 11.4. The number of nitrogens with one attached hydrogen (secondary N) is 4. The van der Waals surface area contributed by atoms with Gasteiger partial charge in [0.15, 0.2) is 26.4 Å². The first kappa shape index (κ1) is 64.5. The molecule has 4 N–H and O–H groups in total. The number of carbonyl (C=O) groups is 4. The number of amides is 4. The minimum Gasteiger partial charge on any atom is -0.483 e. The van der Waals surface area contributed by atoms with Crippen molar-refractivity contribution >= 4 is 23.6 Å². The topological polar surface area (TPSA) is 153 Å². The van der Waals surface area contributed by atoms with Gasteiger partial charge in [-0.1, -0.05) is 139 Å². The molecular weight excluding hydrogens is 977 g/mol. The van der Waals surface area contributed by atoms with Gasteiger partial charge in [0.1, 0.15) is 23.0 Å². The van der Waals surface area contributed by atoms with Crippen LogP contribution in [0.25, 0.3) is 0 Å². The smallest absolute Gasteiger partial charge is 0.257 e. The van der Waals surface area contributed by atoms with E-state index in [0.29, 0.717) is 98.5 Å². The second-order valence-electron chi connectivity index (χ2n) is 23.0. The van der Waals surface area contributed by atoms with E-state index in [0.717, 1.165) is 107 Å². The van der Waals surface area contributed by atoms with Crippen molar-refractivity contribution in [2.24, 2.45) is 23.7 Å². The van der Waals surface area contributed by atoms with E-state index in [1.54, 1.807) is 0 Å². The fraction of sp³-hybridized carbons (Fsp3) is 0.576. The molecular formula is C66H98N4O8. The largest absolute Gasteiger partial charge is 0.483 e. The molecule has 0 saturated heterocycles. The zero-order valence-electron chi connectivity index (χ0n) is 50.3. The number of carbonyl (C=O) groups excluding carboxylic acids is 4. The van der Waals surface area contributed by atoms with Gasteiger partial charge in [-0.15, -0.1) is 0 Å². The standard InChI is InChI=1S/C66H98N4O8/c1-15-20-67-59(71)39-75-63-47(14)28-48(24-43(6)7)30-53(63)36-55-32-50(26-45(10)11)34-57(65(55)77-41-61(73)69-22-17-3)38-58-35-51(27-46(12)13)33-56(66(58)78-42-62(74)70-23-18-4)37-54-31-49(25-44(8)9)29-52(19-5)64(54)76-40-60(72)68-21-16-2/h28-35,43-46H,15-27,36-42H2,1-14H3,(H,67,71)(H,68,72)(H,69,73)(H,70,74). The van der Waals surface area contributed by atoms with Gasteiger partial charge in [-0.3, -0.25) is 19.2 Å². The first-order valence-corrected chi connectivity index (χ1v) is 29.4. The Morgan fingerprint density at radius 3 is 0.846 bits per heavy atom. The zero-order chi connectivity index (χ0) is 57.3. The molecule has 430 valence electrons. The first-order valence-electron chi connectivity index (χ1n) is 29.4. The summed E-state index contributed by atoms with van der Waals surface area (Å²) in [6.07, 6.45) is 8.43. The molecule has 4 rings (SSSR count). The molecule has 0 aliphatic heterocycles. The molecule has 4 aromatic rings. The Kier molecular flexibility index (Phi) is 27.6. The third kappa shape index (κ3) is 21.7. The summed E-state index contributed by atoms with van der Waals surface area (Å²) >= 11 is 0. The van der Waals surface area contributed by atoms with Crippen LogP contribution < -0.4 is 40.2 Å². The number of hydrogen-bond donors (Lipinski definition) is 4. The highest BCUT2D eigenvalue weighted by molar-refractivity contribution is 5.79.